The Labute approximate surface area is 111 Å². The SMILES string of the molecule is C[C@@H]1NC(=O)[C@@H]2C[C@H]3c4ccccc4N[C@H]3N2C1=O. The van der Waals surface area contributed by atoms with Crippen molar-refractivity contribution in [2.24, 2.45) is 0 Å². The molecule has 3 heterocycles. The summed E-state index contributed by atoms with van der Waals surface area (Å²) in [7, 11) is 0. The van der Waals surface area contributed by atoms with E-state index >= 15 is 0 Å². The second kappa shape index (κ2) is 3.50. The summed E-state index contributed by atoms with van der Waals surface area (Å²) in [5.41, 5.74) is 2.30. The van der Waals surface area contributed by atoms with E-state index in [1.165, 1.54) is 5.56 Å². The monoisotopic (exact) mass is 257 g/mol. The summed E-state index contributed by atoms with van der Waals surface area (Å²) in [5.74, 6) is 0.208. The van der Waals surface area contributed by atoms with Crippen LogP contribution in [0.25, 0.3) is 0 Å². The van der Waals surface area contributed by atoms with Crippen LogP contribution in [0.3, 0.4) is 0 Å². The van der Waals surface area contributed by atoms with Gasteiger partial charge in [0.2, 0.25) is 11.8 Å². The molecule has 0 saturated carbocycles. The van der Waals surface area contributed by atoms with Crippen LogP contribution in [0.4, 0.5) is 5.69 Å². The van der Waals surface area contributed by atoms with Gasteiger partial charge in [-0.25, -0.2) is 0 Å². The number of piperazine rings is 1. The minimum absolute atomic E-state index is 0.0115. The smallest absolute Gasteiger partial charge is 0.247 e. The average molecular weight is 257 g/mol. The van der Waals surface area contributed by atoms with Crippen LogP contribution in [0, 0.1) is 0 Å². The van der Waals surface area contributed by atoms with Crippen LogP contribution in [-0.2, 0) is 9.59 Å². The third kappa shape index (κ3) is 1.30. The fourth-order valence-corrected chi connectivity index (χ4v) is 3.57. The van der Waals surface area contributed by atoms with Crippen molar-refractivity contribution in [3.63, 3.8) is 0 Å². The predicted molar refractivity (Wildman–Crippen MR) is 69.4 cm³/mol. The van der Waals surface area contributed by atoms with Gasteiger partial charge < -0.3 is 15.5 Å². The second-order valence-electron chi connectivity index (χ2n) is 5.51. The van der Waals surface area contributed by atoms with Gasteiger partial charge in [-0.05, 0) is 25.0 Å². The van der Waals surface area contributed by atoms with E-state index in [1.54, 1.807) is 11.8 Å². The average Bonchev–Trinajstić information content (AvgIpc) is 2.92. The van der Waals surface area contributed by atoms with Gasteiger partial charge in [-0.15, -0.1) is 0 Å². The van der Waals surface area contributed by atoms with Gasteiger partial charge in [0.15, 0.2) is 0 Å². The largest absolute Gasteiger partial charge is 0.364 e. The minimum atomic E-state index is -0.423. The quantitative estimate of drug-likeness (QED) is 0.717. The highest BCUT2D eigenvalue weighted by Gasteiger charge is 2.53. The highest BCUT2D eigenvalue weighted by molar-refractivity contribution is 5.98. The van der Waals surface area contributed by atoms with Gasteiger partial charge in [-0.2, -0.15) is 0 Å². The van der Waals surface area contributed by atoms with E-state index in [4.69, 9.17) is 0 Å². The Morgan fingerprint density at radius 2 is 2.00 bits per heavy atom. The zero-order valence-corrected chi connectivity index (χ0v) is 10.6. The minimum Gasteiger partial charge on any atom is -0.364 e. The van der Waals surface area contributed by atoms with Crippen molar-refractivity contribution in [1.82, 2.24) is 10.2 Å². The zero-order chi connectivity index (χ0) is 13.1. The standard InChI is InChI=1S/C14H15N3O2/c1-7-14(19)17-11(13(18)15-7)6-9-8-4-2-3-5-10(8)16-12(9)17/h2-5,7,9,11-12,16H,6H2,1H3,(H,15,18)/t7-,9-,11-,12-/m0/s1. The molecule has 5 heteroatoms. The van der Waals surface area contributed by atoms with E-state index in [-0.39, 0.29) is 29.9 Å². The third-order valence-electron chi connectivity index (χ3n) is 4.44. The summed E-state index contributed by atoms with van der Waals surface area (Å²) in [6, 6.07) is 7.35. The van der Waals surface area contributed by atoms with Gasteiger partial charge in [0, 0.05) is 11.6 Å². The third-order valence-corrected chi connectivity index (χ3v) is 4.44. The highest BCUT2D eigenvalue weighted by atomic mass is 16.2. The topological polar surface area (TPSA) is 61.4 Å². The molecule has 3 aliphatic rings. The molecule has 0 spiro atoms. The van der Waals surface area contributed by atoms with Gasteiger partial charge in [0.05, 0.1) is 0 Å². The summed E-state index contributed by atoms with van der Waals surface area (Å²) in [5, 5.41) is 6.15. The van der Waals surface area contributed by atoms with E-state index in [0.29, 0.717) is 6.42 Å². The molecule has 1 aromatic carbocycles. The van der Waals surface area contributed by atoms with Gasteiger partial charge in [0.25, 0.3) is 0 Å². The molecule has 3 aliphatic heterocycles. The summed E-state index contributed by atoms with van der Waals surface area (Å²) in [6.45, 7) is 1.74. The first-order chi connectivity index (χ1) is 9.16. The number of rotatable bonds is 0. The molecule has 2 saturated heterocycles. The van der Waals surface area contributed by atoms with Crippen molar-refractivity contribution in [1.29, 1.82) is 0 Å². The molecule has 2 amide bonds. The molecule has 4 atom stereocenters. The van der Waals surface area contributed by atoms with Crippen molar-refractivity contribution in [3.8, 4) is 0 Å². The zero-order valence-electron chi connectivity index (χ0n) is 10.6. The number of carbonyl (C=O) groups is 2. The van der Waals surface area contributed by atoms with Crippen LogP contribution in [0.15, 0.2) is 24.3 Å². The number of amides is 2. The number of hydrogen-bond donors (Lipinski definition) is 2. The van der Waals surface area contributed by atoms with E-state index in [0.717, 1.165) is 5.69 Å². The summed E-state index contributed by atoms with van der Waals surface area (Å²) in [6.07, 6.45) is 0.641. The van der Waals surface area contributed by atoms with E-state index in [1.807, 2.05) is 18.2 Å². The lowest BCUT2D eigenvalue weighted by molar-refractivity contribution is -0.148. The van der Waals surface area contributed by atoms with Crippen LogP contribution in [0.5, 0.6) is 0 Å². The second-order valence-corrected chi connectivity index (χ2v) is 5.51. The molecule has 0 aromatic heterocycles. The van der Waals surface area contributed by atoms with Crippen molar-refractivity contribution in [2.45, 2.75) is 37.5 Å². The molecule has 1 aromatic rings. The highest BCUT2D eigenvalue weighted by Crippen LogP contribution is 2.46. The molecule has 0 unspecified atom stereocenters. The maximum Gasteiger partial charge on any atom is 0.247 e. The van der Waals surface area contributed by atoms with Gasteiger partial charge in [-0.3, -0.25) is 9.59 Å². The molecule has 2 fully saturated rings. The lowest BCUT2D eigenvalue weighted by Crippen LogP contribution is -2.62. The van der Waals surface area contributed by atoms with Crippen molar-refractivity contribution >= 4 is 17.5 Å². The Bertz CT molecular complexity index is 586. The molecule has 4 rings (SSSR count). The number of fused-ring (bicyclic) bond motifs is 5. The van der Waals surface area contributed by atoms with E-state index in [2.05, 4.69) is 16.7 Å². The Hall–Kier alpha value is -2.04. The lowest BCUT2D eigenvalue weighted by Gasteiger charge is -2.36. The van der Waals surface area contributed by atoms with Crippen LogP contribution >= 0.6 is 0 Å². The maximum absolute atomic E-state index is 12.3. The molecule has 0 bridgehead atoms. The van der Waals surface area contributed by atoms with E-state index in [9.17, 15) is 9.59 Å². The van der Waals surface area contributed by atoms with Gasteiger partial charge in [-0.1, -0.05) is 18.2 Å². The number of anilines is 1. The number of benzene rings is 1. The molecule has 98 valence electrons. The Balaban J connectivity index is 1.76. The van der Waals surface area contributed by atoms with E-state index < -0.39 is 6.04 Å². The molecule has 2 N–H and O–H groups in total. The first-order valence-electron chi connectivity index (χ1n) is 6.65. The molecular weight excluding hydrogens is 242 g/mol. The molecule has 0 aliphatic carbocycles. The predicted octanol–water partition coefficient (Wildman–Crippen LogP) is 0.641. The number of para-hydroxylation sites is 1. The number of hydrogen-bond acceptors (Lipinski definition) is 3. The first-order valence-corrected chi connectivity index (χ1v) is 6.65. The first kappa shape index (κ1) is 10.8. The summed E-state index contributed by atoms with van der Waals surface area (Å²) >= 11 is 0. The van der Waals surface area contributed by atoms with Crippen molar-refractivity contribution < 1.29 is 9.59 Å². The van der Waals surface area contributed by atoms with Crippen LogP contribution in [-0.4, -0.2) is 35.0 Å². The molecule has 5 nitrogen and oxygen atoms in total. The fraction of sp³-hybridized carbons (Fsp3) is 0.429. The molecule has 19 heavy (non-hydrogen) atoms. The molecule has 0 radical (unpaired) electrons. The van der Waals surface area contributed by atoms with Crippen molar-refractivity contribution in [2.75, 3.05) is 5.32 Å². The van der Waals surface area contributed by atoms with Crippen LogP contribution in [0.1, 0.15) is 24.8 Å². The number of nitrogens with zero attached hydrogens (tertiary/aromatic N) is 1. The van der Waals surface area contributed by atoms with Gasteiger partial charge >= 0.3 is 0 Å². The number of nitrogens with one attached hydrogen (secondary N) is 2. The van der Waals surface area contributed by atoms with Crippen molar-refractivity contribution in [3.05, 3.63) is 29.8 Å². The normalized spacial score (nSPS) is 35.3. The van der Waals surface area contributed by atoms with Gasteiger partial charge in [0.1, 0.15) is 18.2 Å². The molecular formula is C14H15N3O2. The Morgan fingerprint density at radius 3 is 2.84 bits per heavy atom. The fourth-order valence-electron chi connectivity index (χ4n) is 3.57. The number of carbonyl (C=O) groups excluding carboxylic acids is 2. The lowest BCUT2D eigenvalue weighted by atomic mass is 9.96. The Morgan fingerprint density at radius 1 is 1.21 bits per heavy atom. The maximum atomic E-state index is 12.3. The Kier molecular flexibility index (Phi) is 2.00. The van der Waals surface area contributed by atoms with Crippen LogP contribution in [0.2, 0.25) is 0 Å². The summed E-state index contributed by atoms with van der Waals surface area (Å²) < 4.78 is 0. The summed E-state index contributed by atoms with van der Waals surface area (Å²) in [4.78, 5) is 26.1. The van der Waals surface area contributed by atoms with Crippen LogP contribution < -0.4 is 10.6 Å².